The van der Waals surface area contributed by atoms with Gasteiger partial charge in [0.2, 0.25) is 5.91 Å². The highest BCUT2D eigenvalue weighted by Gasteiger charge is 2.27. The molecule has 1 N–H and O–H groups in total. The van der Waals surface area contributed by atoms with E-state index in [0.717, 1.165) is 49.5 Å². The first-order valence-electron chi connectivity index (χ1n) is 11.9. The van der Waals surface area contributed by atoms with Gasteiger partial charge in [0.15, 0.2) is 0 Å². The van der Waals surface area contributed by atoms with Gasteiger partial charge in [-0.25, -0.2) is 13.4 Å². The van der Waals surface area contributed by atoms with Crippen molar-refractivity contribution in [2.75, 3.05) is 29.9 Å². The maximum atomic E-state index is 13.3. The van der Waals surface area contributed by atoms with Gasteiger partial charge in [-0.1, -0.05) is 20.8 Å². The van der Waals surface area contributed by atoms with Crippen LogP contribution >= 0.6 is 0 Å². The lowest BCUT2D eigenvalue weighted by Gasteiger charge is -2.26. The number of benzene rings is 2. The first-order valence-corrected chi connectivity index (χ1v) is 13.4. The zero-order chi connectivity index (χ0) is 25.4. The predicted octanol–water partition coefficient (Wildman–Crippen LogP) is 4.54. The molecule has 1 amide bonds. The number of rotatable bonds is 6. The molecule has 0 unspecified atom stereocenters. The highest BCUT2D eigenvalue weighted by molar-refractivity contribution is 7.92. The Labute approximate surface area is 207 Å². The third-order valence-corrected chi connectivity index (χ3v) is 8.18. The first kappa shape index (κ1) is 25.2. The summed E-state index contributed by atoms with van der Waals surface area (Å²) in [6, 6.07) is 11.8. The Morgan fingerprint density at radius 1 is 1.14 bits per heavy atom. The SMILES string of the molecule is CC(=O)Nc1ccc(S(=O)(=O)N(C)c2ccc3c(c2)nc(C(C)(C)C)n3CC2CCOCC2)cc1. The van der Waals surface area contributed by atoms with Crippen LogP contribution in [0.15, 0.2) is 47.4 Å². The number of imidazole rings is 1. The van der Waals surface area contributed by atoms with E-state index in [-0.39, 0.29) is 16.2 Å². The number of sulfonamides is 1. The van der Waals surface area contributed by atoms with Gasteiger partial charge in [0.25, 0.3) is 10.0 Å². The summed E-state index contributed by atoms with van der Waals surface area (Å²) in [7, 11) is -2.24. The highest BCUT2D eigenvalue weighted by Crippen LogP contribution is 2.32. The number of nitrogens with one attached hydrogen (secondary N) is 1. The molecule has 2 heterocycles. The molecular formula is C26H34N4O4S. The Bertz CT molecular complexity index is 1320. The van der Waals surface area contributed by atoms with Crippen LogP contribution in [0.5, 0.6) is 0 Å². The second-order valence-corrected chi connectivity index (χ2v) is 12.2. The van der Waals surface area contributed by atoms with Gasteiger partial charge in [0, 0.05) is 44.8 Å². The highest BCUT2D eigenvalue weighted by atomic mass is 32.2. The second-order valence-electron chi connectivity index (χ2n) is 10.2. The molecule has 188 valence electrons. The van der Waals surface area contributed by atoms with Crippen molar-refractivity contribution in [3.05, 3.63) is 48.3 Å². The van der Waals surface area contributed by atoms with Gasteiger partial charge in [-0.15, -0.1) is 0 Å². The van der Waals surface area contributed by atoms with E-state index < -0.39 is 10.0 Å². The van der Waals surface area contributed by atoms with E-state index >= 15 is 0 Å². The molecule has 0 spiro atoms. The van der Waals surface area contributed by atoms with Crippen molar-refractivity contribution in [2.45, 2.75) is 57.4 Å². The van der Waals surface area contributed by atoms with E-state index in [1.807, 2.05) is 18.2 Å². The molecule has 0 atom stereocenters. The molecule has 0 bridgehead atoms. The monoisotopic (exact) mass is 498 g/mol. The van der Waals surface area contributed by atoms with Gasteiger partial charge in [0.1, 0.15) is 5.82 Å². The number of carbonyl (C=O) groups excluding carboxylic acids is 1. The van der Waals surface area contributed by atoms with E-state index in [2.05, 4.69) is 30.7 Å². The number of ether oxygens (including phenoxy) is 1. The average molecular weight is 499 g/mol. The Balaban J connectivity index is 1.67. The topological polar surface area (TPSA) is 93.5 Å². The Morgan fingerprint density at radius 3 is 2.40 bits per heavy atom. The Morgan fingerprint density at radius 2 is 1.80 bits per heavy atom. The van der Waals surface area contributed by atoms with E-state index in [1.165, 1.54) is 23.4 Å². The van der Waals surface area contributed by atoms with Crippen molar-refractivity contribution >= 4 is 38.3 Å². The molecule has 0 aliphatic carbocycles. The molecule has 1 aliphatic heterocycles. The molecule has 1 saturated heterocycles. The molecule has 8 nitrogen and oxygen atoms in total. The molecule has 1 aromatic heterocycles. The van der Waals surface area contributed by atoms with Crippen molar-refractivity contribution in [3.63, 3.8) is 0 Å². The fourth-order valence-corrected chi connectivity index (χ4v) is 5.66. The lowest BCUT2D eigenvalue weighted by atomic mass is 9.94. The third kappa shape index (κ3) is 5.36. The average Bonchev–Trinajstić information content (AvgIpc) is 3.17. The number of hydrogen-bond acceptors (Lipinski definition) is 5. The fraction of sp³-hybridized carbons (Fsp3) is 0.462. The number of fused-ring (bicyclic) bond motifs is 1. The molecule has 9 heteroatoms. The zero-order valence-electron chi connectivity index (χ0n) is 21.0. The number of hydrogen-bond donors (Lipinski definition) is 1. The predicted molar refractivity (Wildman–Crippen MR) is 138 cm³/mol. The largest absolute Gasteiger partial charge is 0.381 e. The fourth-order valence-electron chi connectivity index (χ4n) is 4.47. The van der Waals surface area contributed by atoms with E-state index in [4.69, 9.17) is 9.72 Å². The number of nitrogens with zero attached hydrogens (tertiary/aromatic N) is 3. The molecule has 4 rings (SSSR count). The second kappa shape index (κ2) is 9.62. The van der Waals surface area contributed by atoms with Crippen LogP contribution in [0, 0.1) is 5.92 Å². The maximum absolute atomic E-state index is 13.3. The quantitative estimate of drug-likeness (QED) is 0.538. The molecule has 35 heavy (non-hydrogen) atoms. The van der Waals surface area contributed by atoms with E-state index in [0.29, 0.717) is 17.3 Å². The number of carbonyl (C=O) groups is 1. The minimum absolute atomic E-state index is 0.148. The minimum Gasteiger partial charge on any atom is -0.381 e. The molecule has 0 radical (unpaired) electrons. The van der Waals surface area contributed by atoms with Gasteiger partial charge in [-0.3, -0.25) is 9.10 Å². The van der Waals surface area contributed by atoms with Crippen molar-refractivity contribution in [3.8, 4) is 0 Å². The summed E-state index contributed by atoms with van der Waals surface area (Å²) in [5, 5.41) is 2.65. The van der Waals surface area contributed by atoms with Gasteiger partial charge < -0.3 is 14.6 Å². The van der Waals surface area contributed by atoms with Crippen LogP contribution in [-0.4, -0.2) is 44.1 Å². The van der Waals surface area contributed by atoms with E-state index in [9.17, 15) is 13.2 Å². The Hall–Kier alpha value is -2.91. The number of anilines is 2. The molecule has 1 fully saturated rings. The van der Waals surface area contributed by atoms with Crippen LogP contribution in [-0.2, 0) is 31.5 Å². The van der Waals surface area contributed by atoms with Crippen molar-refractivity contribution < 1.29 is 17.9 Å². The van der Waals surface area contributed by atoms with Crippen molar-refractivity contribution in [1.29, 1.82) is 0 Å². The van der Waals surface area contributed by atoms with Gasteiger partial charge in [-0.2, -0.15) is 0 Å². The van der Waals surface area contributed by atoms with E-state index in [1.54, 1.807) is 19.2 Å². The minimum atomic E-state index is -3.79. The standard InChI is InChI=1S/C26H34N4O4S/c1-18(31)27-20-6-9-22(10-7-20)35(32,33)29(5)21-8-11-24-23(16-21)28-25(26(2,3)4)30(24)17-19-12-14-34-15-13-19/h6-11,16,19H,12-15,17H2,1-5H3,(H,27,31). The lowest BCUT2D eigenvalue weighted by Crippen LogP contribution is -2.26. The maximum Gasteiger partial charge on any atom is 0.264 e. The summed E-state index contributed by atoms with van der Waals surface area (Å²) in [5.41, 5.74) is 2.72. The van der Waals surface area contributed by atoms with Crippen LogP contribution in [0.4, 0.5) is 11.4 Å². The summed E-state index contributed by atoms with van der Waals surface area (Å²) in [5.74, 6) is 1.32. The van der Waals surface area contributed by atoms with Crippen LogP contribution in [0.2, 0.25) is 0 Å². The summed E-state index contributed by atoms with van der Waals surface area (Å²) in [6.07, 6.45) is 2.06. The summed E-state index contributed by atoms with van der Waals surface area (Å²) in [6.45, 7) is 10.3. The lowest BCUT2D eigenvalue weighted by molar-refractivity contribution is -0.114. The molecule has 1 aliphatic rings. The molecule has 2 aromatic carbocycles. The van der Waals surface area contributed by atoms with Crippen LogP contribution in [0.3, 0.4) is 0 Å². The van der Waals surface area contributed by atoms with Gasteiger partial charge in [-0.05, 0) is 61.2 Å². The normalized spacial score (nSPS) is 15.3. The molecular weight excluding hydrogens is 464 g/mol. The van der Waals surface area contributed by atoms with Crippen LogP contribution in [0.1, 0.15) is 46.4 Å². The summed E-state index contributed by atoms with van der Waals surface area (Å²) < 4.78 is 35.7. The smallest absolute Gasteiger partial charge is 0.264 e. The third-order valence-electron chi connectivity index (χ3n) is 6.38. The van der Waals surface area contributed by atoms with Crippen LogP contribution < -0.4 is 9.62 Å². The number of amides is 1. The van der Waals surface area contributed by atoms with Crippen molar-refractivity contribution in [2.24, 2.45) is 5.92 Å². The first-order chi connectivity index (χ1) is 16.5. The van der Waals surface area contributed by atoms with Crippen LogP contribution in [0.25, 0.3) is 11.0 Å². The van der Waals surface area contributed by atoms with Crippen molar-refractivity contribution in [1.82, 2.24) is 9.55 Å². The summed E-state index contributed by atoms with van der Waals surface area (Å²) >= 11 is 0. The molecule has 3 aromatic rings. The van der Waals surface area contributed by atoms with Gasteiger partial charge >= 0.3 is 0 Å². The molecule has 0 saturated carbocycles. The Kier molecular flexibility index (Phi) is 6.92. The number of aromatic nitrogens is 2. The van der Waals surface area contributed by atoms with Gasteiger partial charge in [0.05, 0.1) is 21.6 Å². The summed E-state index contributed by atoms with van der Waals surface area (Å²) in [4.78, 5) is 16.3. The zero-order valence-corrected chi connectivity index (χ0v) is 21.9.